The van der Waals surface area contributed by atoms with E-state index in [0.29, 0.717) is 24.2 Å². The zero-order valence-electron chi connectivity index (χ0n) is 19.9. The number of benzene rings is 3. The molecule has 1 amide bonds. The Hall–Kier alpha value is -3.39. The van der Waals surface area contributed by atoms with Crippen LogP contribution >= 0.6 is 11.6 Å². The first kappa shape index (κ1) is 25.3. The van der Waals surface area contributed by atoms with E-state index in [2.05, 4.69) is 22.4 Å². The Morgan fingerprint density at radius 3 is 2.46 bits per heavy atom. The molecule has 2 unspecified atom stereocenters. The molecule has 4 nitrogen and oxygen atoms in total. The molecular weight excluding hydrogens is 506 g/mol. The Bertz CT molecular complexity index is 1460. The van der Waals surface area contributed by atoms with Crippen molar-refractivity contribution in [3.63, 3.8) is 0 Å². The molecule has 4 aromatic rings. The van der Waals surface area contributed by atoms with Crippen LogP contribution < -0.4 is 5.32 Å². The van der Waals surface area contributed by atoms with Gasteiger partial charge in [-0.2, -0.15) is 13.2 Å². The third-order valence-electron chi connectivity index (χ3n) is 7.14. The number of rotatable bonds is 4. The summed E-state index contributed by atoms with van der Waals surface area (Å²) in [5.41, 5.74) is 3.61. The highest BCUT2D eigenvalue weighted by Crippen LogP contribution is 2.38. The molecule has 1 aliphatic carbocycles. The molecule has 2 atom stereocenters. The number of nitrogens with one attached hydrogen (secondary N) is 1. The van der Waals surface area contributed by atoms with Crippen molar-refractivity contribution in [3.8, 4) is 11.1 Å². The molecule has 1 saturated carbocycles. The fourth-order valence-corrected chi connectivity index (χ4v) is 5.24. The minimum atomic E-state index is -4.64. The minimum absolute atomic E-state index is 0.160. The van der Waals surface area contributed by atoms with Crippen LogP contribution in [-0.2, 0) is 18.0 Å². The van der Waals surface area contributed by atoms with Crippen LogP contribution in [0.4, 0.5) is 23.2 Å². The van der Waals surface area contributed by atoms with Crippen LogP contribution in [-0.4, -0.2) is 15.5 Å². The Kier molecular flexibility index (Phi) is 6.70. The van der Waals surface area contributed by atoms with Crippen molar-refractivity contribution in [3.05, 3.63) is 82.9 Å². The molecule has 1 heterocycles. The molecule has 37 heavy (non-hydrogen) atoms. The molecule has 5 rings (SSSR count). The largest absolute Gasteiger partial charge is 0.416 e. The zero-order chi connectivity index (χ0) is 26.3. The first-order valence-electron chi connectivity index (χ1n) is 12.0. The molecule has 0 radical (unpaired) electrons. The maximum absolute atomic E-state index is 14.2. The van der Waals surface area contributed by atoms with Gasteiger partial charge < -0.3 is 9.88 Å². The lowest BCUT2D eigenvalue weighted by Crippen LogP contribution is -2.28. The lowest BCUT2D eigenvalue weighted by molar-refractivity contribution is -0.137. The summed E-state index contributed by atoms with van der Waals surface area (Å²) in [7, 11) is 1.86. The van der Waals surface area contributed by atoms with Gasteiger partial charge >= 0.3 is 6.18 Å². The van der Waals surface area contributed by atoms with Crippen molar-refractivity contribution < 1.29 is 22.4 Å². The van der Waals surface area contributed by atoms with Crippen molar-refractivity contribution in [2.24, 2.45) is 13.0 Å². The number of hydrogen-bond acceptors (Lipinski definition) is 2. The fraction of sp³-hybridized carbons (Fsp3) is 0.286. The number of anilines is 1. The van der Waals surface area contributed by atoms with Gasteiger partial charge in [-0.25, -0.2) is 9.37 Å². The van der Waals surface area contributed by atoms with E-state index in [1.165, 1.54) is 0 Å². The average Bonchev–Trinajstić information content (AvgIpc) is 3.17. The Morgan fingerprint density at radius 2 is 1.76 bits per heavy atom. The second-order valence-electron chi connectivity index (χ2n) is 9.51. The highest BCUT2D eigenvalue weighted by atomic mass is 35.5. The summed E-state index contributed by atoms with van der Waals surface area (Å²) in [5, 5.41) is 2.91. The van der Waals surface area contributed by atoms with Crippen LogP contribution in [0.25, 0.3) is 22.2 Å². The number of halogens is 5. The number of fused-ring (bicyclic) bond motifs is 1. The number of carbonyl (C=O) groups excluding carboxylic acids is 1. The molecular formula is C28H24ClF4N3O. The van der Waals surface area contributed by atoms with Gasteiger partial charge in [-0.15, -0.1) is 0 Å². The van der Waals surface area contributed by atoms with E-state index in [-0.39, 0.29) is 23.4 Å². The predicted molar refractivity (Wildman–Crippen MR) is 136 cm³/mol. The highest BCUT2D eigenvalue weighted by molar-refractivity contribution is 6.29. The van der Waals surface area contributed by atoms with E-state index >= 15 is 0 Å². The Morgan fingerprint density at radius 1 is 1.03 bits per heavy atom. The molecule has 1 N–H and O–H groups in total. The minimum Gasteiger partial charge on any atom is -0.323 e. The first-order valence-corrected chi connectivity index (χ1v) is 12.4. The van der Waals surface area contributed by atoms with Gasteiger partial charge in [0.15, 0.2) is 0 Å². The number of imidazole rings is 1. The zero-order valence-corrected chi connectivity index (χ0v) is 20.7. The van der Waals surface area contributed by atoms with Gasteiger partial charge in [-0.05, 0) is 83.8 Å². The van der Waals surface area contributed by atoms with Gasteiger partial charge in [-0.1, -0.05) is 36.8 Å². The van der Waals surface area contributed by atoms with E-state index < -0.39 is 17.6 Å². The van der Waals surface area contributed by atoms with Crippen LogP contribution in [0.5, 0.6) is 0 Å². The standard InChI is InChI=1S/C28H24ClF4N3O/c1-36-25-12-9-19(14-24(25)35-27(36)29)17-7-5-16(6-8-17)18-3-2-4-20(13-18)26(37)34-23-11-10-21(15-22(23)30)28(31,32)33/h5-12,14-15,18,20H,2-4,13H2,1H3,(H,34,37). The monoisotopic (exact) mass is 529 g/mol. The number of alkyl halides is 3. The number of aryl methyl sites for hydroxylation is 1. The van der Waals surface area contributed by atoms with Crippen LogP contribution in [0.1, 0.15) is 42.7 Å². The predicted octanol–water partition coefficient (Wildman–Crippen LogP) is 7.96. The molecule has 0 bridgehead atoms. The van der Waals surface area contributed by atoms with E-state index in [4.69, 9.17) is 11.6 Å². The van der Waals surface area contributed by atoms with Crippen LogP contribution in [0.2, 0.25) is 5.28 Å². The summed E-state index contributed by atoms with van der Waals surface area (Å²) in [6, 6.07) is 16.4. The summed E-state index contributed by atoms with van der Waals surface area (Å²) in [5.74, 6) is -1.66. The van der Waals surface area contributed by atoms with Crippen molar-refractivity contribution in [2.75, 3.05) is 5.32 Å². The van der Waals surface area contributed by atoms with Gasteiger partial charge in [0.2, 0.25) is 11.2 Å². The molecule has 0 spiro atoms. The number of hydrogen-bond donors (Lipinski definition) is 1. The Balaban J connectivity index is 1.27. The third-order valence-corrected chi connectivity index (χ3v) is 7.48. The number of aromatic nitrogens is 2. The Labute approximate surface area is 216 Å². The average molecular weight is 530 g/mol. The number of nitrogens with zero attached hydrogens (tertiary/aromatic N) is 2. The van der Waals surface area contributed by atoms with E-state index in [1.807, 2.05) is 41.9 Å². The van der Waals surface area contributed by atoms with E-state index in [0.717, 1.165) is 52.7 Å². The van der Waals surface area contributed by atoms with Crippen LogP contribution in [0.15, 0.2) is 60.7 Å². The molecule has 1 aliphatic rings. The molecule has 192 valence electrons. The second kappa shape index (κ2) is 9.82. The fourth-order valence-electron chi connectivity index (χ4n) is 5.06. The summed E-state index contributed by atoms with van der Waals surface area (Å²) in [6.07, 6.45) is -1.65. The van der Waals surface area contributed by atoms with Gasteiger partial charge in [0.25, 0.3) is 0 Å². The molecule has 3 aromatic carbocycles. The van der Waals surface area contributed by atoms with Gasteiger partial charge in [0.1, 0.15) is 5.82 Å². The highest BCUT2D eigenvalue weighted by Gasteiger charge is 2.32. The molecule has 1 aromatic heterocycles. The molecule has 0 saturated heterocycles. The summed E-state index contributed by atoms with van der Waals surface area (Å²) in [4.78, 5) is 17.2. The SMILES string of the molecule is Cn1c(Cl)nc2cc(-c3ccc(C4CCCC(C(=O)Nc5ccc(C(F)(F)F)cc5F)C4)cc3)ccc21. The lowest BCUT2D eigenvalue weighted by Gasteiger charge is -2.29. The van der Waals surface area contributed by atoms with Crippen molar-refractivity contribution >= 4 is 34.2 Å². The molecule has 1 fully saturated rings. The first-order chi connectivity index (χ1) is 17.6. The lowest BCUT2D eigenvalue weighted by atomic mass is 9.77. The number of carbonyl (C=O) groups is 1. The molecule has 0 aliphatic heterocycles. The maximum Gasteiger partial charge on any atom is 0.416 e. The van der Waals surface area contributed by atoms with Crippen molar-refractivity contribution in [1.29, 1.82) is 0 Å². The quantitative estimate of drug-likeness (QED) is 0.272. The van der Waals surface area contributed by atoms with Gasteiger partial charge in [-0.3, -0.25) is 4.79 Å². The van der Waals surface area contributed by atoms with Crippen molar-refractivity contribution in [1.82, 2.24) is 9.55 Å². The second-order valence-corrected chi connectivity index (χ2v) is 9.85. The van der Waals surface area contributed by atoms with Gasteiger partial charge in [0.05, 0.1) is 22.3 Å². The summed E-state index contributed by atoms with van der Waals surface area (Å²) in [6.45, 7) is 0. The smallest absolute Gasteiger partial charge is 0.323 e. The third kappa shape index (κ3) is 5.21. The van der Waals surface area contributed by atoms with Gasteiger partial charge in [0, 0.05) is 13.0 Å². The summed E-state index contributed by atoms with van der Waals surface area (Å²) < 4.78 is 54.4. The maximum atomic E-state index is 14.2. The van der Waals surface area contributed by atoms with Crippen LogP contribution in [0.3, 0.4) is 0 Å². The van der Waals surface area contributed by atoms with E-state index in [1.54, 1.807) is 0 Å². The molecule has 9 heteroatoms. The summed E-state index contributed by atoms with van der Waals surface area (Å²) >= 11 is 6.13. The van der Waals surface area contributed by atoms with Crippen LogP contribution in [0, 0.1) is 11.7 Å². The van der Waals surface area contributed by atoms with E-state index in [9.17, 15) is 22.4 Å². The number of amides is 1. The van der Waals surface area contributed by atoms with Crippen molar-refractivity contribution in [2.45, 2.75) is 37.8 Å². The normalized spacial score (nSPS) is 18.2. The topological polar surface area (TPSA) is 46.9 Å².